The lowest BCUT2D eigenvalue weighted by Crippen LogP contribution is -2.03. The highest BCUT2D eigenvalue weighted by Gasteiger charge is 2.34. The minimum atomic E-state index is -4.29. The summed E-state index contributed by atoms with van der Waals surface area (Å²) >= 11 is 1.07. The van der Waals surface area contributed by atoms with Crippen molar-refractivity contribution in [3.8, 4) is 0 Å². The monoisotopic (exact) mass is 231 g/mol. The molecule has 1 nitrogen and oxygen atoms in total. The van der Waals surface area contributed by atoms with Gasteiger partial charge in [-0.25, -0.2) is 0 Å². The first-order chi connectivity index (χ1) is 6.89. The average Bonchev–Trinajstić information content (AvgIpc) is 2.45. The maximum absolute atomic E-state index is 12.6. The van der Waals surface area contributed by atoms with Gasteiger partial charge in [0.2, 0.25) is 0 Å². The largest absolute Gasteiger partial charge is 0.417 e. The molecule has 0 aliphatic carbocycles. The fraction of sp³-hybridized carbons (Fsp3) is 0.200. The lowest BCUT2D eigenvalue weighted by Gasteiger charge is -2.06. The molecule has 2 N–H and O–H groups in total. The van der Waals surface area contributed by atoms with E-state index in [2.05, 4.69) is 0 Å². The Bertz CT molecular complexity index is 513. The van der Waals surface area contributed by atoms with Gasteiger partial charge in [0.1, 0.15) is 0 Å². The number of hydrogen-bond donors (Lipinski definition) is 1. The fourth-order valence-electron chi connectivity index (χ4n) is 1.61. The Kier molecular flexibility index (Phi) is 2.15. The fourth-order valence-corrected chi connectivity index (χ4v) is 2.70. The van der Waals surface area contributed by atoms with Gasteiger partial charge in [-0.2, -0.15) is 13.2 Å². The van der Waals surface area contributed by atoms with Crippen LogP contribution in [0.4, 0.5) is 18.9 Å². The first-order valence-corrected chi connectivity index (χ1v) is 5.12. The molecule has 1 aromatic heterocycles. The lowest BCUT2D eigenvalue weighted by molar-refractivity contribution is -0.136. The summed E-state index contributed by atoms with van der Waals surface area (Å²) in [6, 6.07) is 3.13. The van der Waals surface area contributed by atoms with Crippen LogP contribution in [-0.4, -0.2) is 0 Å². The second-order valence-corrected chi connectivity index (χ2v) is 4.27. The van der Waals surface area contributed by atoms with E-state index >= 15 is 0 Å². The highest BCUT2D eigenvalue weighted by molar-refractivity contribution is 7.17. The molecular formula is C10H8F3NS. The van der Waals surface area contributed by atoms with Gasteiger partial charge in [0.05, 0.1) is 5.56 Å². The SMILES string of the molecule is Cc1cc(N)cc2scc(C(F)(F)F)c12. The van der Waals surface area contributed by atoms with Crippen LogP contribution in [0.3, 0.4) is 0 Å². The molecule has 0 radical (unpaired) electrons. The van der Waals surface area contributed by atoms with Crippen molar-refractivity contribution in [3.63, 3.8) is 0 Å². The molecule has 0 aliphatic heterocycles. The maximum Gasteiger partial charge on any atom is 0.417 e. The average molecular weight is 231 g/mol. The van der Waals surface area contributed by atoms with Crippen LogP contribution < -0.4 is 5.73 Å². The van der Waals surface area contributed by atoms with Gasteiger partial charge in [-0.1, -0.05) is 0 Å². The van der Waals surface area contributed by atoms with Gasteiger partial charge in [0, 0.05) is 21.2 Å². The van der Waals surface area contributed by atoms with Crippen LogP contribution in [0, 0.1) is 6.92 Å². The van der Waals surface area contributed by atoms with Crippen LogP contribution in [-0.2, 0) is 6.18 Å². The summed E-state index contributed by atoms with van der Waals surface area (Å²) in [6.45, 7) is 1.64. The molecule has 2 rings (SSSR count). The van der Waals surface area contributed by atoms with Crippen molar-refractivity contribution >= 4 is 27.1 Å². The molecule has 2 aromatic rings. The predicted molar refractivity (Wildman–Crippen MR) is 56.0 cm³/mol. The Morgan fingerprint density at radius 1 is 1.27 bits per heavy atom. The van der Waals surface area contributed by atoms with Crippen molar-refractivity contribution in [2.24, 2.45) is 0 Å². The Morgan fingerprint density at radius 3 is 2.53 bits per heavy atom. The summed E-state index contributed by atoms with van der Waals surface area (Å²) in [5, 5.41) is 1.40. The van der Waals surface area contributed by atoms with Crippen molar-refractivity contribution in [1.82, 2.24) is 0 Å². The summed E-state index contributed by atoms with van der Waals surface area (Å²) < 4.78 is 38.4. The number of rotatable bonds is 0. The minimum absolute atomic E-state index is 0.265. The highest BCUT2D eigenvalue weighted by Crippen LogP contribution is 2.40. The second kappa shape index (κ2) is 3.13. The summed E-state index contributed by atoms with van der Waals surface area (Å²) in [5.41, 5.74) is 6.06. The summed E-state index contributed by atoms with van der Waals surface area (Å²) in [7, 11) is 0. The van der Waals surface area contributed by atoms with E-state index in [1.54, 1.807) is 19.1 Å². The van der Waals surface area contributed by atoms with E-state index in [1.807, 2.05) is 0 Å². The number of nitrogens with two attached hydrogens (primary N) is 1. The number of aryl methyl sites for hydroxylation is 1. The molecule has 1 aromatic carbocycles. The predicted octanol–water partition coefficient (Wildman–Crippen LogP) is 3.81. The van der Waals surface area contributed by atoms with Crippen LogP contribution >= 0.6 is 11.3 Å². The molecule has 0 unspecified atom stereocenters. The molecule has 0 saturated carbocycles. The highest BCUT2D eigenvalue weighted by atomic mass is 32.1. The van der Waals surface area contributed by atoms with Crippen LogP contribution in [0.5, 0.6) is 0 Å². The molecule has 0 spiro atoms. The molecule has 0 aliphatic rings. The van der Waals surface area contributed by atoms with Gasteiger partial charge in [-0.15, -0.1) is 11.3 Å². The molecule has 0 saturated heterocycles. The van der Waals surface area contributed by atoms with Crippen LogP contribution in [0.15, 0.2) is 17.5 Å². The maximum atomic E-state index is 12.6. The van der Waals surface area contributed by atoms with Crippen molar-refractivity contribution in [3.05, 3.63) is 28.6 Å². The van der Waals surface area contributed by atoms with E-state index < -0.39 is 11.7 Å². The molecule has 0 atom stereocenters. The number of thiophene rings is 1. The summed E-state index contributed by atoms with van der Waals surface area (Å²) in [6.07, 6.45) is -4.29. The molecular weight excluding hydrogens is 223 g/mol. The number of anilines is 1. The van der Waals surface area contributed by atoms with Crippen molar-refractivity contribution in [1.29, 1.82) is 0 Å². The van der Waals surface area contributed by atoms with E-state index in [0.717, 1.165) is 16.7 Å². The van der Waals surface area contributed by atoms with Gasteiger partial charge in [-0.05, 0) is 24.6 Å². The molecule has 0 amide bonds. The zero-order valence-electron chi connectivity index (χ0n) is 7.85. The van der Waals surface area contributed by atoms with Crippen molar-refractivity contribution in [2.75, 3.05) is 5.73 Å². The van der Waals surface area contributed by atoms with E-state index in [-0.39, 0.29) is 5.39 Å². The van der Waals surface area contributed by atoms with Crippen molar-refractivity contribution < 1.29 is 13.2 Å². The van der Waals surface area contributed by atoms with Crippen molar-refractivity contribution in [2.45, 2.75) is 13.1 Å². The van der Waals surface area contributed by atoms with Gasteiger partial charge >= 0.3 is 6.18 Å². The number of alkyl halides is 3. The first-order valence-electron chi connectivity index (χ1n) is 4.24. The zero-order valence-corrected chi connectivity index (χ0v) is 8.67. The number of benzene rings is 1. The normalized spacial score (nSPS) is 12.3. The number of nitrogen functional groups attached to an aromatic ring is 1. The van der Waals surface area contributed by atoms with E-state index in [9.17, 15) is 13.2 Å². The van der Waals surface area contributed by atoms with Gasteiger partial charge in [0.15, 0.2) is 0 Å². The third kappa shape index (κ3) is 1.67. The van der Waals surface area contributed by atoms with Gasteiger partial charge in [-0.3, -0.25) is 0 Å². The summed E-state index contributed by atoms with van der Waals surface area (Å²) in [5.74, 6) is 0. The molecule has 5 heteroatoms. The quantitative estimate of drug-likeness (QED) is 0.685. The number of hydrogen-bond acceptors (Lipinski definition) is 2. The van der Waals surface area contributed by atoms with Crippen LogP contribution in [0.2, 0.25) is 0 Å². The Hall–Kier alpha value is -1.23. The van der Waals surface area contributed by atoms with Crippen LogP contribution in [0.1, 0.15) is 11.1 Å². The molecule has 0 fully saturated rings. The van der Waals surface area contributed by atoms with E-state index in [0.29, 0.717) is 16.0 Å². The third-order valence-electron chi connectivity index (χ3n) is 2.20. The van der Waals surface area contributed by atoms with Gasteiger partial charge < -0.3 is 5.73 Å². The Balaban J connectivity index is 2.81. The third-order valence-corrected chi connectivity index (χ3v) is 3.13. The second-order valence-electron chi connectivity index (χ2n) is 3.36. The lowest BCUT2D eigenvalue weighted by atomic mass is 10.1. The van der Waals surface area contributed by atoms with E-state index in [1.165, 1.54) is 0 Å². The molecule has 15 heavy (non-hydrogen) atoms. The standard InChI is InChI=1S/C10H8F3NS/c1-5-2-6(14)3-8-9(5)7(4-15-8)10(11,12)13/h2-4H,14H2,1H3. The Labute approximate surface area is 88.3 Å². The van der Waals surface area contributed by atoms with E-state index in [4.69, 9.17) is 5.73 Å². The van der Waals surface area contributed by atoms with Crippen LogP contribution in [0.25, 0.3) is 10.1 Å². The number of fused-ring (bicyclic) bond motifs is 1. The number of halogens is 3. The zero-order chi connectivity index (χ0) is 11.2. The summed E-state index contributed by atoms with van der Waals surface area (Å²) in [4.78, 5) is 0. The molecule has 80 valence electrons. The topological polar surface area (TPSA) is 26.0 Å². The Morgan fingerprint density at radius 2 is 1.93 bits per heavy atom. The van der Waals surface area contributed by atoms with Gasteiger partial charge in [0.25, 0.3) is 0 Å². The first kappa shape index (κ1) is 10.3. The molecule has 0 bridgehead atoms. The molecule has 1 heterocycles. The smallest absolute Gasteiger partial charge is 0.399 e. The minimum Gasteiger partial charge on any atom is -0.399 e.